The summed E-state index contributed by atoms with van der Waals surface area (Å²) in [6.45, 7) is 1.79. The van der Waals surface area contributed by atoms with Crippen molar-refractivity contribution in [2.75, 3.05) is 0 Å². The Hall–Kier alpha value is -1.53. The summed E-state index contributed by atoms with van der Waals surface area (Å²) in [5.74, 6) is 0. The van der Waals surface area contributed by atoms with E-state index in [2.05, 4.69) is 5.10 Å². The second-order valence-electron chi connectivity index (χ2n) is 4.14. The van der Waals surface area contributed by atoms with E-state index in [-0.39, 0.29) is 6.04 Å². The third kappa shape index (κ3) is 2.90. The molecule has 1 atom stereocenters. The van der Waals surface area contributed by atoms with E-state index in [1.165, 1.54) is 6.20 Å². The molecule has 1 heterocycles. The lowest BCUT2D eigenvalue weighted by Crippen LogP contribution is -2.08. The maximum absolute atomic E-state index is 12.5. The van der Waals surface area contributed by atoms with Crippen molar-refractivity contribution in [2.45, 2.75) is 19.1 Å². The van der Waals surface area contributed by atoms with Crippen molar-refractivity contribution < 1.29 is 13.2 Å². The highest BCUT2D eigenvalue weighted by molar-refractivity contribution is 6.32. The number of nitrogens with two attached hydrogens (primary N) is 1. The monoisotopic (exact) mass is 289 g/mol. The van der Waals surface area contributed by atoms with Crippen molar-refractivity contribution in [3.05, 3.63) is 46.7 Å². The highest BCUT2D eigenvalue weighted by Gasteiger charge is 2.33. The second kappa shape index (κ2) is 4.86. The molecule has 0 saturated heterocycles. The molecular weight excluding hydrogens is 279 g/mol. The minimum Gasteiger partial charge on any atom is -0.324 e. The van der Waals surface area contributed by atoms with Crippen LogP contribution in [0.3, 0.4) is 0 Å². The van der Waals surface area contributed by atoms with Crippen molar-refractivity contribution in [1.82, 2.24) is 9.78 Å². The van der Waals surface area contributed by atoms with Crippen LogP contribution in [0.15, 0.2) is 30.5 Å². The lowest BCUT2D eigenvalue weighted by atomic mass is 10.1. The first-order valence-corrected chi connectivity index (χ1v) is 5.85. The minimum atomic E-state index is -4.47. The number of rotatable bonds is 2. The summed E-state index contributed by atoms with van der Waals surface area (Å²) in [5, 5.41) is 3.76. The van der Waals surface area contributed by atoms with E-state index in [1.807, 2.05) is 0 Å². The SMILES string of the molecule is C[C@H](N)c1ccc(-n2ccc(C(F)(F)F)n2)c(Cl)c1. The van der Waals surface area contributed by atoms with Gasteiger partial charge < -0.3 is 5.73 Å². The molecule has 0 aliphatic heterocycles. The molecule has 0 unspecified atom stereocenters. The maximum Gasteiger partial charge on any atom is 0.435 e. The van der Waals surface area contributed by atoms with E-state index in [4.69, 9.17) is 17.3 Å². The van der Waals surface area contributed by atoms with Gasteiger partial charge in [-0.15, -0.1) is 0 Å². The molecule has 19 heavy (non-hydrogen) atoms. The van der Waals surface area contributed by atoms with E-state index in [9.17, 15) is 13.2 Å². The van der Waals surface area contributed by atoms with Gasteiger partial charge in [-0.2, -0.15) is 18.3 Å². The molecule has 2 rings (SSSR count). The van der Waals surface area contributed by atoms with Crippen molar-refractivity contribution in [3.8, 4) is 5.69 Å². The Balaban J connectivity index is 2.40. The Morgan fingerprint density at radius 2 is 2.00 bits per heavy atom. The summed E-state index contributed by atoms with van der Waals surface area (Å²) >= 11 is 6.03. The van der Waals surface area contributed by atoms with Crippen LogP contribution in [0.5, 0.6) is 0 Å². The standard InChI is InChI=1S/C12H11ClF3N3/c1-7(17)8-2-3-10(9(13)6-8)19-5-4-11(18-19)12(14,15)16/h2-7H,17H2,1H3/t7-/m0/s1. The number of halogens is 4. The molecule has 1 aromatic heterocycles. The van der Waals surface area contributed by atoms with Gasteiger partial charge in [0.25, 0.3) is 0 Å². The lowest BCUT2D eigenvalue weighted by molar-refractivity contribution is -0.141. The molecule has 2 aromatic rings. The van der Waals surface area contributed by atoms with Crippen LogP contribution in [0.2, 0.25) is 5.02 Å². The van der Waals surface area contributed by atoms with Gasteiger partial charge in [-0.05, 0) is 30.7 Å². The van der Waals surface area contributed by atoms with Crippen molar-refractivity contribution >= 4 is 11.6 Å². The predicted molar refractivity (Wildman–Crippen MR) is 66.2 cm³/mol. The van der Waals surface area contributed by atoms with Gasteiger partial charge in [0, 0.05) is 12.2 Å². The molecule has 0 aliphatic carbocycles. The van der Waals surface area contributed by atoms with Crippen LogP contribution in [-0.4, -0.2) is 9.78 Å². The Kier molecular flexibility index (Phi) is 3.56. The zero-order valence-corrected chi connectivity index (χ0v) is 10.7. The Bertz CT molecular complexity index is 590. The van der Waals surface area contributed by atoms with E-state index in [1.54, 1.807) is 25.1 Å². The summed E-state index contributed by atoms with van der Waals surface area (Å²) in [4.78, 5) is 0. The molecule has 0 radical (unpaired) electrons. The van der Waals surface area contributed by atoms with Crippen LogP contribution >= 0.6 is 11.6 Å². The smallest absolute Gasteiger partial charge is 0.324 e. The second-order valence-corrected chi connectivity index (χ2v) is 4.55. The summed E-state index contributed by atoms with van der Waals surface area (Å²) < 4.78 is 38.5. The zero-order valence-electron chi connectivity index (χ0n) is 9.95. The molecule has 102 valence electrons. The number of nitrogens with zero attached hydrogens (tertiary/aromatic N) is 2. The van der Waals surface area contributed by atoms with E-state index in [0.29, 0.717) is 10.7 Å². The van der Waals surface area contributed by atoms with E-state index in [0.717, 1.165) is 16.3 Å². The lowest BCUT2D eigenvalue weighted by Gasteiger charge is -2.09. The van der Waals surface area contributed by atoms with Gasteiger partial charge in [0.1, 0.15) is 0 Å². The Labute approximate surface area is 112 Å². The summed E-state index contributed by atoms with van der Waals surface area (Å²) in [6.07, 6.45) is -3.25. The molecule has 0 bridgehead atoms. The largest absolute Gasteiger partial charge is 0.435 e. The fourth-order valence-corrected chi connectivity index (χ4v) is 1.88. The minimum absolute atomic E-state index is 0.199. The van der Waals surface area contributed by atoms with Crippen LogP contribution in [0.4, 0.5) is 13.2 Å². The van der Waals surface area contributed by atoms with Crippen molar-refractivity contribution in [1.29, 1.82) is 0 Å². The molecular formula is C12H11ClF3N3. The number of aromatic nitrogens is 2. The quantitative estimate of drug-likeness (QED) is 0.918. The Morgan fingerprint density at radius 3 is 2.47 bits per heavy atom. The summed E-state index contributed by atoms with van der Waals surface area (Å²) in [6, 6.07) is 5.62. The molecule has 0 aliphatic rings. The highest BCUT2D eigenvalue weighted by atomic mass is 35.5. The average Bonchev–Trinajstić information content (AvgIpc) is 2.77. The summed E-state index contributed by atoms with van der Waals surface area (Å²) in [7, 11) is 0. The highest BCUT2D eigenvalue weighted by Crippen LogP contribution is 2.29. The number of alkyl halides is 3. The molecule has 3 nitrogen and oxygen atoms in total. The van der Waals surface area contributed by atoms with Gasteiger partial charge in [-0.1, -0.05) is 17.7 Å². The van der Waals surface area contributed by atoms with Crippen LogP contribution < -0.4 is 5.73 Å². The van der Waals surface area contributed by atoms with E-state index >= 15 is 0 Å². The first-order valence-electron chi connectivity index (χ1n) is 5.47. The van der Waals surface area contributed by atoms with Gasteiger partial charge in [0.2, 0.25) is 0 Å². The van der Waals surface area contributed by atoms with E-state index < -0.39 is 11.9 Å². The number of hydrogen-bond donors (Lipinski definition) is 1. The van der Waals surface area contributed by atoms with Crippen molar-refractivity contribution in [3.63, 3.8) is 0 Å². The molecule has 1 aromatic carbocycles. The van der Waals surface area contributed by atoms with Gasteiger partial charge in [0.05, 0.1) is 10.7 Å². The topological polar surface area (TPSA) is 43.8 Å². The number of hydrogen-bond acceptors (Lipinski definition) is 2. The van der Waals surface area contributed by atoms with Crippen LogP contribution in [0.25, 0.3) is 5.69 Å². The predicted octanol–water partition coefficient (Wildman–Crippen LogP) is 3.56. The van der Waals surface area contributed by atoms with Crippen LogP contribution in [-0.2, 0) is 6.18 Å². The van der Waals surface area contributed by atoms with Gasteiger partial charge in [0.15, 0.2) is 5.69 Å². The van der Waals surface area contributed by atoms with Crippen molar-refractivity contribution in [2.24, 2.45) is 5.73 Å². The first kappa shape index (κ1) is 13.9. The average molecular weight is 290 g/mol. The summed E-state index contributed by atoms with van der Waals surface area (Å²) in [5.41, 5.74) is 5.92. The van der Waals surface area contributed by atoms with Gasteiger partial charge in [-0.3, -0.25) is 0 Å². The first-order chi connectivity index (χ1) is 8.79. The molecule has 0 saturated carbocycles. The van der Waals surface area contributed by atoms with Gasteiger partial charge in [-0.25, -0.2) is 4.68 Å². The van der Waals surface area contributed by atoms with Gasteiger partial charge >= 0.3 is 6.18 Å². The third-order valence-electron chi connectivity index (χ3n) is 2.62. The zero-order chi connectivity index (χ0) is 14.2. The maximum atomic E-state index is 12.5. The Morgan fingerprint density at radius 1 is 1.32 bits per heavy atom. The normalized spacial score (nSPS) is 13.6. The fourth-order valence-electron chi connectivity index (χ4n) is 1.60. The molecule has 2 N–H and O–H groups in total. The third-order valence-corrected chi connectivity index (χ3v) is 2.93. The van der Waals surface area contributed by atoms with Crippen LogP contribution in [0.1, 0.15) is 24.2 Å². The molecule has 0 fully saturated rings. The molecule has 7 heteroatoms. The molecule has 0 amide bonds. The number of benzene rings is 1. The van der Waals surface area contributed by atoms with Crippen LogP contribution in [0, 0.1) is 0 Å². The molecule has 0 spiro atoms. The fraction of sp³-hybridized carbons (Fsp3) is 0.250.